The molecule has 28 heavy (non-hydrogen) atoms. The molecule has 0 saturated carbocycles. The van der Waals surface area contributed by atoms with Crippen LogP contribution in [0.3, 0.4) is 0 Å². The summed E-state index contributed by atoms with van der Waals surface area (Å²) < 4.78 is 7.09. The Morgan fingerprint density at radius 1 is 1.18 bits per heavy atom. The summed E-state index contributed by atoms with van der Waals surface area (Å²) in [4.78, 5) is 23.5. The Bertz CT molecular complexity index is 1290. The number of aryl methyl sites for hydroxylation is 1. The summed E-state index contributed by atoms with van der Waals surface area (Å²) in [6, 6.07) is 16.8. The van der Waals surface area contributed by atoms with Gasteiger partial charge in [0.1, 0.15) is 11.8 Å². The average molecular weight is 371 g/mol. The van der Waals surface area contributed by atoms with E-state index in [-0.39, 0.29) is 11.4 Å². The fourth-order valence-electron chi connectivity index (χ4n) is 3.14. The van der Waals surface area contributed by atoms with E-state index in [2.05, 4.69) is 6.07 Å². The quantitative estimate of drug-likeness (QED) is 0.384. The smallest absolute Gasteiger partial charge is 0.298 e. The van der Waals surface area contributed by atoms with Crippen molar-refractivity contribution in [3.63, 3.8) is 0 Å². The number of rotatable bonds is 3. The van der Waals surface area contributed by atoms with Gasteiger partial charge in [0.15, 0.2) is 5.76 Å². The molecule has 0 aliphatic rings. The lowest BCUT2D eigenvalue weighted by Gasteiger charge is -2.03. The number of aromatic nitrogens is 1. The molecule has 4 rings (SSSR count). The molecule has 0 aliphatic carbocycles. The summed E-state index contributed by atoms with van der Waals surface area (Å²) in [5, 5.41) is 21.0. The predicted octanol–water partition coefficient (Wildman–Crippen LogP) is 4.68. The summed E-state index contributed by atoms with van der Waals surface area (Å²) in [6.45, 7) is 1.81. The van der Waals surface area contributed by atoms with Crippen LogP contribution in [0.4, 0.5) is 5.69 Å². The van der Waals surface area contributed by atoms with E-state index >= 15 is 0 Å². The Labute approximate surface area is 159 Å². The summed E-state index contributed by atoms with van der Waals surface area (Å²) in [5.41, 5.74) is 2.28. The van der Waals surface area contributed by atoms with Crippen molar-refractivity contribution >= 4 is 22.5 Å². The zero-order valence-corrected chi connectivity index (χ0v) is 14.7. The third-order valence-corrected chi connectivity index (χ3v) is 4.57. The molecule has 2 aromatic carbocycles. The maximum atomic E-state index is 12.9. The average Bonchev–Trinajstić information content (AvgIpc) is 3.33. The number of nitriles is 1. The van der Waals surface area contributed by atoms with Gasteiger partial charge in [0.05, 0.1) is 16.0 Å². The maximum absolute atomic E-state index is 12.9. The highest BCUT2D eigenvalue weighted by molar-refractivity contribution is 6.02. The number of para-hydroxylation sites is 1. The zero-order chi connectivity index (χ0) is 19.8. The molecule has 0 saturated heterocycles. The standard InChI is InChI=1S/C21H13N3O4/c1-13-6-7-15(24(26)27)10-17(13)19-8-9-20(28-19)21(25)23-12-14(11-22)16-4-2-3-5-18(16)23/h2-10,12H,1H3. The van der Waals surface area contributed by atoms with Crippen molar-refractivity contribution in [3.8, 4) is 17.4 Å². The zero-order valence-electron chi connectivity index (χ0n) is 14.7. The lowest BCUT2D eigenvalue weighted by atomic mass is 10.1. The number of nitrogens with zero attached hydrogens (tertiary/aromatic N) is 3. The van der Waals surface area contributed by atoms with Gasteiger partial charge in [-0.25, -0.2) is 0 Å². The van der Waals surface area contributed by atoms with Gasteiger partial charge in [-0.3, -0.25) is 19.5 Å². The minimum absolute atomic E-state index is 0.0556. The molecule has 2 aromatic heterocycles. The number of carbonyl (C=O) groups is 1. The first-order valence-electron chi connectivity index (χ1n) is 8.39. The van der Waals surface area contributed by atoms with E-state index in [4.69, 9.17) is 4.42 Å². The van der Waals surface area contributed by atoms with E-state index in [1.807, 2.05) is 6.92 Å². The lowest BCUT2D eigenvalue weighted by molar-refractivity contribution is -0.384. The highest BCUT2D eigenvalue weighted by atomic mass is 16.6. The van der Waals surface area contributed by atoms with Crippen LogP contribution < -0.4 is 0 Å². The van der Waals surface area contributed by atoms with Crippen LogP contribution in [0.5, 0.6) is 0 Å². The van der Waals surface area contributed by atoms with Gasteiger partial charge in [-0.15, -0.1) is 0 Å². The second kappa shape index (κ2) is 6.52. The molecular weight excluding hydrogens is 358 g/mol. The summed E-state index contributed by atoms with van der Waals surface area (Å²) in [6.07, 6.45) is 1.48. The predicted molar refractivity (Wildman–Crippen MR) is 102 cm³/mol. The highest BCUT2D eigenvalue weighted by Crippen LogP contribution is 2.30. The summed E-state index contributed by atoms with van der Waals surface area (Å²) in [5.74, 6) is 0.0136. The molecule has 0 unspecified atom stereocenters. The van der Waals surface area contributed by atoms with Crippen molar-refractivity contribution in [2.45, 2.75) is 6.92 Å². The van der Waals surface area contributed by atoms with Crippen LogP contribution in [0.2, 0.25) is 0 Å². The first-order chi connectivity index (χ1) is 13.5. The number of hydrogen-bond acceptors (Lipinski definition) is 5. The number of carbonyl (C=O) groups excluding carboxylic acids is 1. The summed E-state index contributed by atoms with van der Waals surface area (Å²) >= 11 is 0. The van der Waals surface area contributed by atoms with Crippen molar-refractivity contribution in [1.29, 1.82) is 5.26 Å². The van der Waals surface area contributed by atoms with Gasteiger partial charge in [-0.2, -0.15) is 5.26 Å². The molecule has 0 amide bonds. The van der Waals surface area contributed by atoms with E-state index in [0.29, 0.717) is 27.8 Å². The SMILES string of the molecule is Cc1ccc([N+](=O)[O-])cc1-c1ccc(C(=O)n2cc(C#N)c3ccccc32)o1. The van der Waals surface area contributed by atoms with E-state index < -0.39 is 10.8 Å². The molecule has 4 aromatic rings. The van der Waals surface area contributed by atoms with Crippen molar-refractivity contribution < 1.29 is 14.1 Å². The molecule has 2 heterocycles. The number of nitro benzene ring substituents is 1. The molecule has 0 N–H and O–H groups in total. The van der Waals surface area contributed by atoms with Crippen LogP contribution >= 0.6 is 0 Å². The molecule has 7 nitrogen and oxygen atoms in total. The van der Waals surface area contributed by atoms with Gasteiger partial charge in [-0.05, 0) is 30.7 Å². The van der Waals surface area contributed by atoms with Gasteiger partial charge in [0.25, 0.3) is 11.6 Å². The monoisotopic (exact) mass is 371 g/mol. The van der Waals surface area contributed by atoms with Crippen molar-refractivity contribution in [1.82, 2.24) is 4.57 Å². The van der Waals surface area contributed by atoms with Crippen LogP contribution in [0.15, 0.2) is 65.2 Å². The van der Waals surface area contributed by atoms with Crippen LogP contribution in [-0.4, -0.2) is 15.4 Å². The number of non-ortho nitro benzene ring substituents is 1. The Morgan fingerprint density at radius 2 is 1.96 bits per heavy atom. The molecule has 0 aliphatic heterocycles. The first kappa shape index (κ1) is 17.2. The van der Waals surface area contributed by atoms with Crippen molar-refractivity contribution in [3.05, 3.63) is 87.8 Å². The number of hydrogen-bond donors (Lipinski definition) is 0. The van der Waals surface area contributed by atoms with Gasteiger partial charge in [0.2, 0.25) is 0 Å². The fraction of sp³-hybridized carbons (Fsp3) is 0.0476. The molecule has 0 bridgehead atoms. The number of fused-ring (bicyclic) bond motifs is 1. The Balaban J connectivity index is 1.77. The maximum Gasteiger partial charge on any atom is 0.298 e. The number of furan rings is 1. The second-order valence-electron chi connectivity index (χ2n) is 6.27. The lowest BCUT2D eigenvalue weighted by Crippen LogP contribution is -2.09. The van der Waals surface area contributed by atoms with Crippen LogP contribution in [0.25, 0.3) is 22.2 Å². The first-order valence-corrected chi connectivity index (χ1v) is 8.39. The third-order valence-electron chi connectivity index (χ3n) is 4.57. The van der Waals surface area contributed by atoms with Crippen LogP contribution in [0.1, 0.15) is 21.7 Å². The topological polar surface area (TPSA) is 102 Å². The third kappa shape index (κ3) is 2.73. The largest absolute Gasteiger partial charge is 0.451 e. The van der Waals surface area contributed by atoms with E-state index in [9.17, 15) is 20.2 Å². The Kier molecular flexibility index (Phi) is 4.02. The molecule has 0 atom stereocenters. The normalized spacial score (nSPS) is 10.7. The van der Waals surface area contributed by atoms with Crippen LogP contribution in [-0.2, 0) is 0 Å². The second-order valence-corrected chi connectivity index (χ2v) is 6.27. The minimum atomic E-state index is -0.479. The molecule has 0 spiro atoms. The number of benzene rings is 2. The van der Waals surface area contributed by atoms with Gasteiger partial charge >= 0.3 is 0 Å². The van der Waals surface area contributed by atoms with Gasteiger partial charge in [-0.1, -0.05) is 24.3 Å². The molecule has 136 valence electrons. The molecule has 7 heteroatoms. The molecule has 0 fully saturated rings. The van der Waals surface area contributed by atoms with E-state index in [0.717, 1.165) is 5.56 Å². The molecule has 0 radical (unpaired) electrons. The Morgan fingerprint density at radius 3 is 2.71 bits per heavy atom. The van der Waals surface area contributed by atoms with Crippen molar-refractivity contribution in [2.24, 2.45) is 0 Å². The van der Waals surface area contributed by atoms with Gasteiger partial charge < -0.3 is 4.42 Å². The van der Waals surface area contributed by atoms with Crippen molar-refractivity contribution in [2.75, 3.05) is 0 Å². The molecular formula is C21H13N3O4. The number of nitro groups is 1. The Hall–Kier alpha value is -4.18. The van der Waals surface area contributed by atoms with E-state index in [1.165, 1.54) is 29.0 Å². The van der Waals surface area contributed by atoms with E-state index in [1.54, 1.807) is 36.4 Å². The van der Waals surface area contributed by atoms with Gasteiger partial charge in [0, 0.05) is 29.3 Å². The minimum Gasteiger partial charge on any atom is -0.451 e. The highest BCUT2D eigenvalue weighted by Gasteiger charge is 2.20. The van der Waals surface area contributed by atoms with Crippen LogP contribution in [0, 0.1) is 28.4 Å². The fourth-order valence-corrected chi connectivity index (χ4v) is 3.14. The summed E-state index contributed by atoms with van der Waals surface area (Å²) in [7, 11) is 0.